The number of benzene rings is 1. The van der Waals surface area contributed by atoms with Crippen molar-refractivity contribution in [2.45, 2.75) is 19.8 Å². The maximum Gasteiger partial charge on any atom is 0.179 e. The van der Waals surface area contributed by atoms with E-state index in [0.29, 0.717) is 5.92 Å². The zero-order valence-electron chi connectivity index (χ0n) is 10.5. The van der Waals surface area contributed by atoms with E-state index in [9.17, 15) is 13.6 Å². The lowest BCUT2D eigenvalue weighted by molar-refractivity contribution is 0.0938. The van der Waals surface area contributed by atoms with Crippen molar-refractivity contribution in [1.29, 1.82) is 0 Å². The summed E-state index contributed by atoms with van der Waals surface area (Å²) in [6.07, 6.45) is 2.18. The summed E-state index contributed by atoms with van der Waals surface area (Å²) in [5, 5.41) is 0. The quantitative estimate of drug-likeness (QED) is 0.769. The van der Waals surface area contributed by atoms with Crippen LogP contribution in [0.4, 0.5) is 8.78 Å². The summed E-state index contributed by atoms with van der Waals surface area (Å²) in [5.74, 6) is -0.945. The molecule has 0 amide bonds. The van der Waals surface area contributed by atoms with Crippen LogP contribution in [0.15, 0.2) is 18.2 Å². The Hall–Kier alpha value is -1.29. The van der Waals surface area contributed by atoms with Crippen molar-refractivity contribution in [3.8, 4) is 0 Å². The van der Waals surface area contributed by atoms with Crippen LogP contribution in [0.1, 0.15) is 30.1 Å². The summed E-state index contributed by atoms with van der Waals surface area (Å²) in [4.78, 5) is 13.9. The highest BCUT2D eigenvalue weighted by atomic mass is 19.1. The Balaban J connectivity index is 2.02. The first-order chi connectivity index (χ1) is 8.60. The highest BCUT2D eigenvalue weighted by Crippen LogP contribution is 2.19. The molecule has 0 saturated carbocycles. The normalized spacial score (nSPS) is 20.3. The van der Waals surface area contributed by atoms with Gasteiger partial charge >= 0.3 is 0 Å². The smallest absolute Gasteiger partial charge is 0.179 e. The lowest BCUT2D eigenvalue weighted by Crippen LogP contribution is -2.28. The summed E-state index contributed by atoms with van der Waals surface area (Å²) in [7, 11) is 0. The van der Waals surface area contributed by atoms with Crippen LogP contribution in [0.25, 0.3) is 0 Å². The van der Waals surface area contributed by atoms with Gasteiger partial charge in [0.05, 0.1) is 12.1 Å². The molecular formula is C14H17F2NO. The zero-order valence-corrected chi connectivity index (χ0v) is 10.5. The summed E-state index contributed by atoms with van der Waals surface area (Å²) in [6, 6.07) is 3.00. The molecule has 0 N–H and O–H groups in total. The topological polar surface area (TPSA) is 20.3 Å². The first-order valence-electron chi connectivity index (χ1n) is 6.30. The molecule has 4 heteroatoms. The van der Waals surface area contributed by atoms with Gasteiger partial charge in [0.25, 0.3) is 0 Å². The minimum atomic E-state index is -0.646. The third-order valence-corrected chi connectivity index (χ3v) is 3.54. The predicted molar refractivity (Wildman–Crippen MR) is 65.5 cm³/mol. The van der Waals surface area contributed by atoms with Crippen molar-refractivity contribution in [2.24, 2.45) is 5.92 Å². The second-order valence-electron chi connectivity index (χ2n) is 4.85. The number of likely N-dealkylation sites (tertiary alicyclic amines) is 1. The summed E-state index contributed by atoms with van der Waals surface area (Å²) < 4.78 is 26.4. The van der Waals surface area contributed by atoms with E-state index in [1.807, 2.05) is 4.90 Å². The lowest BCUT2D eigenvalue weighted by Gasteiger charge is -2.14. The summed E-state index contributed by atoms with van der Waals surface area (Å²) >= 11 is 0. The number of rotatable bonds is 4. The first-order valence-corrected chi connectivity index (χ1v) is 6.30. The molecule has 2 rings (SSSR count). The minimum absolute atomic E-state index is 0.144. The Morgan fingerprint density at radius 1 is 1.44 bits per heavy atom. The van der Waals surface area contributed by atoms with Crippen molar-refractivity contribution >= 4 is 5.78 Å². The first kappa shape index (κ1) is 13.1. The summed E-state index contributed by atoms with van der Waals surface area (Å²) in [5.41, 5.74) is -0.144. The molecule has 0 aliphatic carbocycles. The minimum Gasteiger partial charge on any atom is -0.296 e. The number of hydrogen-bond acceptors (Lipinski definition) is 2. The third kappa shape index (κ3) is 2.93. The molecule has 1 fully saturated rings. The van der Waals surface area contributed by atoms with Crippen LogP contribution < -0.4 is 0 Å². The van der Waals surface area contributed by atoms with Crippen molar-refractivity contribution < 1.29 is 13.6 Å². The highest BCUT2D eigenvalue weighted by Gasteiger charge is 2.24. The number of halogens is 2. The average Bonchev–Trinajstić information content (AvgIpc) is 2.80. The Bertz CT molecular complexity index is 447. The fraction of sp³-hybridized carbons (Fsp3) is 0.500. The maximum atomic E-state index is 13.4. The Labute approximate surface area is 106 Å². The number of hydrogen-bond donors (Lipinski definition) is 0. The molecule has 18 heavy (non-hydrogen) atoms. The molecule has 1 heterocycles. The molecule has 1 aromatic carbocycles. The molecule has 1 aliphatic rings. The van der Waals surface area contributed by atoms with Gasteiger partial charge in [-0.25, -0.2) is 8.78 Å². The van der Waals surface area contributed by atoms with E-state index in [1.165, 1.54) is 0 Å². The second-order valence-corrected chi connectivity index (χ2v) is 4.85. The van der Waals surface area contributed by atoms with E-state index in [2.05, 4.69) is 6.92 Å². The van der Waals surface area contributed by atoms with Gasteiger partial charge in [0.2, 0.25) is 0 Å². The molecule has 0 spiro atoms. The molecule has 1 atom stereocenters. The number of nitrogens with zero attached hydrogens (tertiary/aromatic N) is 1. The standard InChI is InChI=1S/C14H17F2NO/c1-2-10-5-6-17(8-10)9-14(18)12-7-11(15)3-4-13(12)16/h3-4,7,10H,2,5-6,8-9H2,1H3. The lowest BCUT2D eigenvalue weighted by atomic mass is 10.1. The van der Waals surface area contributed by atoms with Crippen LogP contribution in [0.2, 0.25) is 0 Å². The zero-order chi connectivity index (χ0) is 13.1. The van der Waals surface area contributed by atoms with Gasteiger partial charge in [0.1, 0.15) is 11.6 Å². The van der Waals surface area contributed by atoms with Gasteiger partial charge in [-0.15, -0.1) is 0 Å². The van der Waals surface area contributed by atoms with Crippen LogP contribution in [0.5, 0.6) is 0 Å². The molecule has 1 saturated heterocycles. The Morgan fingerprint density at radius 2 is 2.22 bits per heavy atom. The predicted octanol–water partition coefficient (Wildman–Crippen LogP) is 2.88. The molecule has 98 valence electrons. The van der Waals surface area contributed by atoms with Crippen LogP contribution in [-0.2, 0) is 0 Å². The van der Waals surface area contributed by atoms with E-state index in [1.54, 1.807) is 0 Å². The molecule has 0 radical (unpaired) electrons. The Kier molecular flexibility index (Phi) is 4.07. The molecule has 0 bridgehead atoms. The molecule has 1 aliphatic heterocycles. The molecule has 0 aromatic heterocycles. The third-order valence-electron chi connectivity index (χ3n) is 3.54. The molecule has 1 unspecified atom stereocenters. The van der Waals surface area contributed by atoms with Gasteiger partial charge in [0, 0.05) is 6.54 Å². The SMILES string of the molecule is CCC1CCN(CC(=O)c2cc(F)ccc2F)C1. The summed E-state index contributed by atoms with van der Waals surface area (Å²) in [6.45, 7) is 4.04. The van der Waals surface area contributed by atoms with Crippen molar-refractivity contribution in [2.75, 3.05) is 19.6 Å². The van der Waals surface area contributed by atoms with Crippen LogP contribution in [0.3, 0.4) is 0 Å². The fourth-order valence-electron chi connectivity index (χ4n) is 2.39. The van der Waals surface area contributed by atoms with Crippen molar-refractivity contribution in [1.82, 2.24) is 4.90 Å². The van der Waals surface area contributed by atoms with Crippen LogP contribution in [-0.4, -0.2) is 30.3 Å². The van der Waals surface area contributed by atoms with Gasteiger partial charge in [-0.1, -0.05) is 13.3 Å². The van der Waals surface area contributed by atoms with E-state index in [0.717, 1.165) is 44.1 Å². The van der Waals surface area contributed by atoms with Crippen LogP contribution in [0, 0.1) is 17.6 Å². The van der Waals surface area contributed by atoms with Gasteiger partial charge in [-0.2, -0.15) is 0 Å². The van der Waals surface area contributed by atoms with Gasteiger partial charge in [0.15, 0.2) is 5.78 Å². The van der Waals surface area contributed by atoms with E-state index >= 15 is 0 Å². The van der Waals surface area contributed by atoms with Gasteiger partial charge in [-0.3, -0.25) is 9.69 Å². The number of carbonyl (C=O) groups excluding carboxylic acids is 1. The fourth-order valence-corrected chi connectivity index (χ4v) is 2.39. The highest BCUT2D eigenvalue weighted by molar-refractivity contribution is 5.97. The molecular weight excluding hydrogens is 236 g/mol. The van der Waals surface area contributed by atoms with Crippen molar-refractivity contribution in [3.05, 3.63) is 35.4 Å². The van der Waals surface area contributed by atoms with Gasteiger partial charge in [-0.05, 0) is 37.1 Å². The molecule has 1 aromatic rings. The average molecular weight is 253 g/mol. The second kappa shape index (κ2) is 5.57. The van der Waals surface area contributed by atoms with E-state index in [-0.39, 0.29) is 17.9 Å². The Morgan fingerprint density at radius 3 is 2.89 bits per heavy atom. The number of Topliss-reactive ketones (excluding diaryl/α,β-unsaturated/α-hetero) is 1. The monoisotopic (exact) mass is 253 g/mol. The van der Waals surface area contributed by atoms with E-state index < -0.39 is 11.6 Å². The van der Waals surface area contributed by atoms with Crippen LogP contribution >= 0.6 is 0 Å². The van der Waals surface area contributed by atoms with E-state index in [4.69, 9.17) is 0 Å². The number of carbonyl (C=O) groups is 1. The van der Waals surface area contributed by atoms with Gasteiger partial charge < -0.3 is 0 Å². The maximum absolute atomic E-state index is 13.4. The molecule has 2 nitrogen and oxygen atoms in total. The van der Waals surface area contributed by atoms with Crippen molar-refractivity contribution in [3.63, 3.8) is 0 Å². The largest absolute Gasteiger partial charge is 0.296 e. The number of ketones is 1.